The van der Waals surface area contributed by atoms with Crippen LogP contribution >= 0.6 is 11.6 Å². The topological polar surface area (TPSA) is 68.9 Å². The van der Waals surface area contributed by atoms with Crippen molar-refractivity contribution >= 4 is 34.2 Å². The maximum atomic E-state index is 12.9. The zero-order valence-corrected chi connectivity index (χ0v) is 18.4. The predicted molar refractivity (Wildman–Crippen MR) is 124 cm³/mol. The lowest BCUT2D eigenvalue weighted by Crippen LogP contribution is -2.29. The van der Waals surface area contributed by atoms with Crippen LogP contribution in [0.1, 0.15) is 23.7 Å². The van der Waals surface area contributed by atoms with Crippen molar-refractivity contribution in [1.82, 2.24) is 14.3 Å². The Morgan fingerprint density at radius 2 is 1.81 bits per heavy atom. The summed E-state index contributed by atoms with van der Waals surface area (Å²) in [6.45, 7) is 5.74. The van der Waals surface area contributed by atoms with Crippen molar-refractivity contribution in [3.8, 4) is 5.69 Å². The fraction of sp³-hybridized carbons (Fsp3) is 0.208. The molecule has 1 amide bonds. The van der Waals surface area contributed by atoms with Crippen molar-refractivity contribution in [2.75, 3.05) is 5.32 Å². The standard InChI is InChI=1S/C24H23ClN4O2/c1-4-17-9-11-18(12-10-17)29-24-23(16(3)27-29)15(2)13-22(31)28(24)14-21(30)26-20-8-6-5-7-19(20)25/h5-13H,4,14H2,1-3H3,(H,26,30). The zero-order chi connectivity index (χ0) is 22.1. The first-order valence-electron chi connectivity index (χ1n) is 10.1. The van der Waals surface area contributed by atoms with Gasteiger partial charge in [-0.3, -0.25) is 14.2 Å². The number of amides is 1. The lowest BCUT2D eigenvalue weighted by molar-refractivity contribution is -0.116. The van der Waals surface area contributed by atoms with Gasteiger partial charge in [-0.25, -0.2) is 4.68 Å². The molecule has 0 bridgehead atoms. The van der Waals surface area contributed by atoms with Crippen LogP contribution in [0.4, 0.5) is 5.69 Å². The number of pyridine rings is 1. The second kappa shape index (κ2) is 8.40. The number of nitrogens with one attached hydrogen (secondary N) is 1. The van der Waals surface area contributed by atoms with Crippen molar-refractivity contribution < 1.29 is 4.79 Å². The average molecular weight is 435 g/mol. The summed E-state index contributed by atoms with van der Waals surface area (Å²) in [5, 5.41) is 8.78. The summed E-state index contributed by atoms with van der Waals surface area (Å²) in [5.74, 6) is -0.341. The van der Waals surface area contributed by atoms with E-state index >= 15 is 0 Å². The third kappa shape index (κ3) is 3.99. The Morgan fingerprint density at radius 3 is 2.48 bits per heavy atom. The van der Waals surface area contributed by atoms with Crippen LogP contribution in [-0.4, -0.2) is 20.3 Å². The van der Waals surface area contributed by atoms with Gasteiger partial charge in [-0.15, -0.1) is 0 Å². The van der Waals surface area contributed by atoms with Crippen LogP contribution in [0.15, 0.2) is 59.4 Å². The fourth-order valence-corrected chi connectivity index (χ4v) is 3.95. The molecular weight excluding hydrogens is 412 g/mol. The van der Waals surface area contributed by atoms with E-state index in [2.05, 4.69) is 17.3 Å². The molecule has 0 saturated carbocycles. The minimum Gasteiger partial charge on any atom is -0.323 e. The van der Waals surface area contributed by atoms with Crippen LogP contribution in [0.25, 0.3) is 16.7 Å². The maximum absolute atomic E-state index is 12.9. The minimum atomic E-state index is -0.341. The van der Waals surface area contributed by atoms with Gasteiger partial charge >= 0.3 is 0 Å². The highest BCUT2D eigenvalue weighted by Gasteiger charge is 2.19. The molecule has 0 aliphatic rings. The number of benzene rings is 2. The van der Waals surface area contributed by atoms with Crippen LogP contribution in [0.5, 0.6) is 0 Å². The Balaban J connectivity index is 1.82. The second-order valence-electron chi connectivity index (χ2n) is 7.50. The molecule has 0 radical (unpaired) electrons. The molecule has 6 nitrogen and oxygen atoms in total. The number of hydrogen-bond acceptors (Lipinski definition) is 3. The molecule has 1 N–H and O–H groups in total. The van der Waals surface area contributed by atoms with E-state index in [9.17, 15) is 9.59 Å². The highest BCUT2D eigenvalue weighted by atomic mass is 35.5. The molecule has 4 aromatic rings. The van der Waals surface area contributed by atoms with Gasteiger partial charge in [0.1, 0.15) is 12.2 Å². The van der Waals surface area contributed by atoms with Gasteiger partial charge in [0, 0.05) is 11.5 Å². The van der Waals surface area contributed by atoms with E-state index in [-0.39, 0.29) is 18.0 Å². The molecule has 0 atom stereocenters. The molecule has 0 unspecified atom stereocenters. The van der Waals surface area contributed by atoms with Crippen molar-refractivity contribution in [2.24, 2.45) is 0 Å². The van der Waals surface area contributed by atoms with Crippen LogP contribution in [0.2, 0.25) is 5.02 Å². The van der Waals surface area contributed by atoms with Gasteiger partial charge in [0.15, 0.2) is 0 Å². The van der Waals surface area contributed by atoms with Gasteiger partial charge in [0.25, 0.3) is 5.56 Å². The third-order valence-corrected chi connectivity index (χ3v) is 5.66. The van der Waals surface area contributed by atoms with Gasteiger partial charge in [-0.1, -0.05) is 42.8 Å². The molecule has 0 spiro atoms. The molecule has 2 aromatic carbocycles. The number of nitrogens with zero attached hydrogens (tertiary/aromatic N) is 3. The molecule has 0 saturated heterocycles. The lowest BCUT2D eigenvalue weighted by atomic mass is 10.1. The van der Waals surface area contributed by atoms with Crippen molar-refractivity contribution in [3.05, 3.63) is 86.8 Å². The summed E-state index contributed by atoms with van der Waals surface area (Å²) in [5.41, 5.74) is 4.52. The monoisotopic (exact) mass is 434 g/mol. The number of carbonyl (C=O) groups excluding carboxylic acids is 1. The number of para-hydroxylation sites is 1. The maximum Gasteiger partial charge on any atom is 0.252 e. The Hall–Kier alpha value is -3.38. The second-order valence-corrected chi connectivity index (χ2v) is 7.90. The quantitative estimate of drug-likeness (QED) is 0.496. The number of aromatic nitrogens is 3. The van der Waals surface area contributed by atoms with Crippen LogP contribution in [0, 0.1) is 13.8 Å². The summed E-state index contributed by atoms with van der Waals surface area (Å²) >= 11 is 6.15. The minimum absolute atomic E-state index is 0.154. The van der Waals surface area contributed by atoms with Crippen molar-refractivity contribution in [3.63, 3.8) is 0 Å². The number of anilines is 1. The Kier molecular flexibility index (Phi) is 5.65. The average Bonchev–Trinajstić information content (AvgIpc) is 3.10. The molecule has 0 fully saturated rings. The van der Waals surface area contributed by atoms with Gasteiger partial charge in [0.05, 0.1) is 22.1 Å². The van der Waals surface area contributed by atoms with E-state index in [1.807, 2.05) is 38.1 Å². The van der Waals surface area contributed by atoms with E-state index in [0.717, 1.165) is 28.8 Å². The lowest BCUT2D eigenvalue weighted by Gasteiger charge is -2.13. The van der Waals surface area contributed by atoms with Crippen LogP contribution in [0.3, 0.4) is 0 Å². The number of hydrogen-bond donors (Lipinski definition) is 1. The summed E-state index contributed by atoms with van der Waals surface area (Å²) in [6, 6.07) is 16.6. The molecule has 0 aliphatic heterocycles. The highest BCUT2D eigenvalue weighted by Crippen LogP contribution is 2.25. The molecule has 158 valence electrons. The Morgan fingerprint density at radius 1 is 1.10 bits per heavy atom. The normalized spacial score (nSPS) is 11.1. The number of halogens is 1. The predicted octanol–water partition coefficient (Wildman–Crippen LogP) is 4.66. The largest absolute Gasteiger partial charge is 0.323 e. The number of carbonyl (C=O) groups is 1. The first kappa shape index (κ1) is 20.9. The number of aryl methyl sites for hydroxylation is 3. The van der Waals surface area contributed by atoms with E-state index in [4.69, 9.17) is 11.6 Å². The third-order valence-electron chi connectivity index (χ3n) is 5.33. The first-order valence-corrected chi connectivity index (χ1v) is 10.5. The molecule has 0 aliphatic carbocycles. The summed E-state index contributed by atoms with van der Waals surface area (Å²) < 4.78 is 3.20. The van der Waals surface area contributed by atoms with Crippen LogP contribution < -0.4 is 10.9 Å². The highest BCUT2D eigenvalue weighted by molar-refractivity contribution is 6.33. The van der Waals surface area contributed by atoms with Crippen LogP contribution in [-0.2, 0) is 17.8 Å². The SMILES string of the molecule is CCc1ccc(-n2nc(C)c3c(C)cc(=O)n(CC(=O)Nc4ccccc4Cl)c32)cc1. The van der Waals surface area contributed by atoms with Crippen molar-refractivity contribution in [2.45, 2.75) is 33.7 Å². The Labute approximate surface area is 185 Å². The van der Waals surface area contributed by atoms with E-state index in [1.165, 1.54) is 10.1 Å². The van der Waals surface area contributed by atoms with E-state index in [1.54, 1.807) is 35.0 Å². The Bertz CT molecular complexity index is 1340. The van der Waals surface area contributed by atoms with Crippen molar-refractivity contribution in [1.29, 1.82) is 0 Å². The molecular formula is C24H23ClN4O2. The summed E-state index contributed by atoms with van der Waals surface area (Å²) in [6.07, 6.45) is 0.936. The molecule has 4 rings (SSSR count). The summed E-state index contributed by atoms with van der Waals surface area (Å²) in [4.78, 5) is 25.7. The number of fused-ring (bicyclic) bond motifs is 1. The fourth-order valence-electron chi connectivity index (χ4n) is 3.77. The zero-order valence-electron chi connectivity index (χ0n) is 17.6. The van der Waals surface area contributed by atoms with Gasteiger partial charge in [-0.2, -0.15) is 5.10 Å². The summed E-state index contributed by atoms with van der Waals surface area (Å²) in [7, 11) is 0. The molecule has 2 aromatic heterocycles. The molecule has 31 heavy (non-hydrogen) atoms. The van der Waals surface area contributed by atoms with E-state index in [0.29, 0.717) is 16.4 Å². The first-order chi connectivity index (χ1) is 14.9. The van der Waals surface area contributed by atoms with E-state index < -0.39 is 0 Å². The molecule has 2 heterocycles. The van der Waals surface area contributed by atoms with Gasteiger partial charge < -0.3 is 5.32 Å². The smallest absolute Gasteiger partial charge is 0.252 e. The molecule has 7 heteroatoms. The van der Waals surface area contributed by atoms with Gasteiger partial charge in [0.2, 0.25) is 5.91 Å². The van der Waals surface area contributed by atoms with Gasteiger partial charge in [-0.05, 0) is 55.7 Å². The number of rotatable bonds is 5.